The Labute approximate surface area is 175 Å². The fraction of sp³-hybridized carbons (Fsp3) is 0.440. The van der Waals surface area contributed by atoms with Gasteiger partial charge in [-0.05, 0) is 64.5 Å². The molecule has 0 unspecified atom stereocenters. The number of hydrogen-bond acceptors (Lipinski definition) is 4. The summed E-state index contributed by atoms with van der Waals surface area (Å²) in [5.41, 5.74) is 5.59. The van der Waals surface area contributed by atoms with Gasteiger partial charge in [-0.1, -0.05) is 43.1 Å². The van der Waals surface area contributed by atoms with Gasteiger partial charge in [0.2, 0.25) is 0 Å². The molecular weight excluding hydrogens is 360 g/mol. The van der Waals surface area contributed by atoms with Gasteiger partial charge in [0, 0.05) is 29.1 Å². The van der Waals surface area contributed by atoms with Crippen LogP contribution in [-0.2, 0) is 12.8 Å². The molecule has 0 aliphatic carbocycles. The van der Waals surface area contributed by atoms with Crippen LogP contribution in [-0.4, -0.2) is 20.2 Å². The molecule has 0 spiro atoms. The van der Waals surface area contributed by atoms with Crippen LogP contribution in [0.25, 0.3) is 11.1 Å². The summed E-state index contributed by atoms with van der Waals surface area (Å²) in [6.45, 7) is 8.46. The topological polar surface area (TPSA) is 66.2 Å². The molecule has 2 N–H and O–H groups in total. The molecule has 0 aliphatic rings. The van der Waals surface area contributed by atoms with Crippen LogP contribution < -0.4 is 0 Å². The van der Waals surface area contributed by atoms with E-state index in [9.17, 15) is 10.2 Å². The molecule has 0 fully saturated rings. The van der Waals surface area contributed by atoms with Crippen molar-refractivity contribution in [3.05, 3.63) is 59.2 Å². The van der Waals surface area contributed by atoms with Crippen molar-refractivity contribution >= 4 is 0 Å². The molecule has 0 amide bonds. The smallest absolute Gasteiger partial charge is 0.130 e. The van der Waals surface area contributed by atoms with Crippen LogP contribution >= 0.6 is 0 Å². The van der Waals surface area contributed by atoms with E-state index in [4.69, 9.17) is 0 Å². The van der Waals surface area contributed by atoms with E-state index >= 15 is 0 Å². The van der Waals surface area contributed by atoms with E-state index in [2.05, 4.69) is 49.8 Å². The third kappa shape index (κ3) is 6.74. The predicted octanol–water partition coefficient (Wildman–Crippen LogP) is 6.52. The van der Waals surface area contributed by atoms with Gasteiger partial charge in [-0.25, -0.2) is 9.97 Å². The first-order chi connectivity index (χ1) is 13.9. The van der Waals surface area contributed by atoms with Crippen molar-refractivity contribution in [1.29, 1.82) is 0 Å². The monoisotopic (exact) mass is 394 g/mol. The number of unbranched alkanes of at least 4 members (excludes halogenated alkanes) is 2. The fourth-order valence-corrected chi connectivity index (χ4v) is 3.43. The highest BCUT2D eigenvalue weighted by Gasteiger charge is 2.18. The number of aromatic nitrogens is 2. The fourth-order valence-electron chi connectivity index (χ4n) is 3.43. The van der Waals surface area contributed by atoms with Crippen molar-refractivity contribution in [1.82, 2.24) is 9.97 Å². The van der Waals surface area contributed by atoms with E-state index in [1.165, 1.54) is 17.5 Å². The lowest BCUT2D eigenvalue weighted by Crippen LogP contribution is -1.97. The van der Waals surface area contributed by atoms with Crippen molar-refractivity contribution < 1.29 is 10.2 Å². The van der Waals surface area contributed by atoms with E-state index in [0.717, 1.165) is 55.2 Å². The summed E-state index contributed by atoms with van der Waals surface area (Å²) < 4.78 is 0. The normalized spacial score (nSPS) is 11.5. The van der Waals surface area contributed by atoms with Gasteiger partial charge in [0.25, 0.3) is 0 Å². The van der Waals surface area contributed by atoms with Crippen molar-refractivity contribution in [3.8, 4) is 22.6 Å². The van der Waals surface area contributed by atoms with Crippen molar-refractivity contribution in [2.24, 2.45) is 0 Å². The molecule has 2 rings (SSSR count). The zero-order valence-corrected chi connectivity index (χ0v) is 18.2. The van der Waals surface area contributed by atoms with Crippen LogP contribution in [0, 0.1) is 0 Å². The lowest BCUT2D eigenvalue weighted by atomic mass is 9.92. The molecule has 1 heterocycles. The summed E-state index contributed by atoms with van der Waals surface area (Å²) in [5, 5.41) is 21.7. The second-order valence-electron chi connectivity index (χ2n) is 7.92. The van der Waals surface area contributed by atoms with E-state index in [0.29, 0.717) is 12.0 Å². The van der Waals surface area contributed by atoms with Crippen LogP contribution in [0.4, 0.5) is 0 Å². The Balaban J connectivity index is 2.34. The summed E-state index contributed by atoms with van der Waals surface area (Å²) in [7, 11) is 0. The van der Waals surface area contributed by atoms with Gasteiger partial charge in [-0.2, -0.15) is 0 Å². The van der Waals surface area contributed by atoms with Crippen LogP contribution in [0.5, 0.6) is 11.5 Å². The third-order valence-corrected chi connectivity index (χ3v) is 5.11. The Bertz CT molecular complexity index is 851. The second kappa shape index (κ2) is 11.4. The number of rotatable bonds is 10. The average molecular weight is 395 g/mol. The Hall–Kier alpha value is -2.62. The third-order valence-electron chi connectivity index (χ3n) is 5.11. The standard InChI is InChI=1S/C25H34N2O2/c1-5-6-7-11-20-14-23(28)22(13-12-19(4)10-8-9-18(2)3)25(29)24(20)21-15-26-17-27-16-21/h9,12,14-17,28-29H,5-8,10-11,13H2,1-4H3/b19-12+. The van der Waals surface area contributed by atoms with Gasteiger partial charge in [0.05, 0.1) is 0 Å². The minimum absolute atomic E-state index is 0.139. The predicted molar refractivity (Wildman–Crippen MR) is 120 cm³/mol. The van der Waals surface area contributed by atoms with E-state index in [-0.39, 0.29) is 11.5 Å². The maximum Gasteiger partial charge on any atom is 0.130 e. The van der Waals surface area contributed by atoms with Crippen LogP contribution in [0.15, 0.2) is 48.1 Å². The number of aromatic hydroxyl groups is 2. The Morgan fingerprint density at radius 2 is 1.76 bits per heavy atom. The van der Waals surface area contributed by atoms with Gasteiger partial charge < -0.3 is 10.2 Å². The molecule has 4 heteroatoms. The van der Waals surface area contributed by atoms with Gasteiger partial charge in [0.1, 0.15) is 17.8 Å². The molecule has 0 saturated carbocycles. The number of phenolic OH excluding ortho intramolecular Hbond substituents is 2. The molecule has 1 aromatic carbocycles. The quantitative estimate of drug-likeness (QED) is 0.355. The molecule has 0 aliphatic heterocycles. The van der Waals surface area contributed by atoms with Gasteiger partial charge in [0.15, 0.2) is 0 Å². The summed E-state index contributed by atoms with van der Waals surface area (Å²) in [5.74, 6) is 0.294. The second-order valence-corrected chi connectivity index (χ2v) is 7.92. The van der Waals surface area contributed by atoms with Crippen molar-refractivity contribution in [2.45, 2.75) is 72.6 Å². The molecule has 1 aromatic heterocycles. The molecule has 4 nitrogen and oxygen atoms in total. The van der Waals surface area contributed by atoms with Gasteiger partial charge in [-0.3, -0.25) is 0 Å². The first kappa shape index (κ1) is 22.7. The Morgan fingerprint density at radius 3 is 2.41 bits per heavy atom. The zero-order chi connectivity index (χ0) is 21.2. The number of aryl methyl sites for hydroxylation is 1. The average Bonchev–Trinajstić information content (AvgIpc) is 2.68. The number of nitrogens with zero attached hydrogens (tertiary/aromatic N) is 2. The SMILES string of the molecule is CCCCCc1cc(O)c(C/C=C(\C)CCC=C(C)C)c(O)c1-c1cncnc1. The minimum atomic E-state index is 0.139. The number of phenols is 2. The first-order valence-corrected chi connectivity index (χ1v) is 10.5. The molecule has 0 saturated heterocycles. The number of hydrogen-bond donors (Lipinski definition) is 2. The highest BCUT2D eigenvalue weighted by Crippen LogP contribution is 2.41. The van der Waals surface area contributed by atoms with Crippen molar-refractivity contribution in [2.75, 3.05) is 0 Å². The Morgan fingerprint density at radius 1 is 1.03 bits per heavy atom. The molecule has 0 bridgehead atoms. The first-order valence-electron chi connectivity index (χ1n) is 10.5. The van der Waals surface area contributed by atoms with E-state index in [1.54, 1.807) is 18.5 Å². The largest absolute Gasteiger partial charge is 0.508 e. The maximum absolute atomic E-state index is 11.1. The summed E-state index contributed by atoms with van der Waals surface area (Å²) >= 11 is 0. The van der Waals surface area contributed by atoms with Crippen LogP contribution in [0.2, 0.25) is 0 Å². The summed E-state index contributed by atoms with van der Waals surface area (Å²) in [6, 6.07) is 1.80. The molecule has 29 heavy (non-hydrogen) atoms. The van der Waals surface area contributed by atoms with Crippen LogP contribution in [0.1, 0.15) is 70.9 Å². The molecular formula is C25H34N2O2. The van der Waals surface area contributed by atoms with Crippen molar-refractivity contribution in [3.63, 3.8) is 0 Å². The molecule has 0 radical (unpaired) electrons. The number of benzene rings is 1. The lowest BCUT2D eigenvalue weighted by molar-refractivity contribution is 0.440. The lowest BCUT2D eigenvalue weighted by Gasteiger charge is -2.16. The summed E-state index contributed by atoms with van der Waals surface area (Å²) in [4.78, 5) is 8.22. The number of allylic oxidation sites excluding steroid dienone is 4. The van der Waals surface area contributed by atoms with Crippen LogP contribution in [0.3, 0.4) is 0 Å². The van der Waals surface area contributed by atoms with E-state index in [1.807, 2.05) is 0 Å². The highest BCUT2D eigenvalue weighted by molar-refractivity contribution is 5.76. The molecule has 156 valence electrons. The molecule has 0 atom stereocenters. The maximum atomic E-state index is 11.1. The molecule has 2 aromatic rings. The van der Waals surface area contributed by atoms with Gasteiger partial charge >= 0.3 is 0 Å². The Kier molecular flexibility index (Phi) is 8.91. The zero-order valence-electron chi connectivity index (χ0n) is 18.2. The minimum Gasteiger partial charge on any atom is -0.508 e. The van der Waals surface area contributed by atoms with E-state index < -0.39 is 0 Å². The highest BCUT2D eigenvalue weighted by atomic mass is 16.3. The summed E-state index contributed by atoms with van der Waals surface area (Å²) in [6.07, 6.45) is 15.8. The van der Waals surface area contributed by atoms with Gasteiger partial charge in [-0.15, -0.1) is 0 Å².